The summed E-state index contributed by atoms with van der Waals surface area (Å²) >= 11 is 0. The quantitative estimate of drug-likeness (QED) is 0.394. The van der Waals surface area contributed by atoms with Gasteiger partial charge < -0.3 is 4.74 Å². The van der Waals surface area contributed by atoms with Crippen molar-refractivity contribution in [3.8, 4) is 11.9 Å². The highest BCUT2D eigenvalue weighted by Gasteiger charge is 2.09. The van der Waals surface area contributed by atoms with Gasteiger partial charge in [-0.1, -0.05) is 36.4 Å². The second-order valence-corrected chi connectivity index (χ2v) is 4.76. The molecule has 2 aromatic rings. The van der Waals surface area contributed by atoms with E-state index in [2.05, 4.69) is 10.3 Å². The fourth-order valence-electron chi connectivity index (χ4n) is 1.98. The molecule has 4 nitrogen and oxygen atoms in total. The summed E-state index contributed by atoms with van der Waals surface area (Å²) in [6.45, 7) is 5.88. The van der Waals surface area contributed by atoms with E-state index in [1.54, 1.807) is 0 Å². The Balaban J connectivity index is 2.37. The lowest BCUT2D eigenvalue weighted by Crippen LogP contribution is -2.24. The van der Waals surface area contributed by atoms with Crippen LogP contribution in [0.2, 0.25) is 0 Å². The SMILES string of the molecule is Cc1ccccc1N=C(NC#N)Oc1c(C)cccc1C. The Kier molecular flexibility index (Phi) is 4.57. The third kappa shape index (κ3) is 3.61. The Morgan fingerprint density at radius 1 is 1.00 bits per heavy atom. The number of aliphatic imine (C=N–C) groups is 1. The van der Waals surface area contributed by atoms with Crippen LogP contribution in [0.1, 0.15) is 16.7 Å². The Labute approximate surface area is 124 Å². The zero-order chi connectivity index (χ0) is 15.2. The number of nitrogens with one attached hydrogen (secondary N) is 1. The summed E-state index contributed by atoms with van der Waals surface area (Å²) in [5.74, 6) is 0.715. The van der Waals surface area contributed by atoms with Crippen LogP contribution in [0.5, 0.6) is 5.75 Å². The predicted octanol–water partition coefficient (Wildman–Crippen LogP) is 3.75. The number of benzene rings is 2. The molecule has 0 aliphatic carbocycles. The summed E-state index contributed by atoms with van der Waals surface area (Å²) < 4.78 is 5.79. The normalized spacial score (nSPS) is 10.9. The Bertz CT molecular complexity index is 694. The molecule has 0 saturated carbocycles. The number of ether oxygens (including phenoxy) is 1. The van der Waals surface area contributed by atoms with E-state index in [9.17, 15) is 0 Å². The summed E-state index contributed by atoms with van der Waals surface area (Å²) in [4.78, 5) is 4.39. The summed E-state index contributed by atoms with van der Waals surface area (Å²) in [5.41, 5.74) is 3.76. The third-order valence-electron chi connectivity index (χ3n) is 3.11. The maximum absolute atomic E-state index is 8.88. The molecule has 0 radical (unpaired) electrons. The maximum Gasteiger partial charge on any atom is 0.309 e. The van der Waals surface area contributed by atoms with E-state index in [1.165, 1.54) is 0 Å². The maximum atomic E-state index is 8.88. The minimum absolute atomic E-state index is 0.171. The van der Waals surface area contributed by atoms with Gasteiger partial charge in [0.1, 0.15) is 5.75 Å². The van der Waals surface area contributed by atoms with Crippen molar-refractivity contribution in [1.82, 2.24) is 5.32 Å². The number of rotatable bonds is 2. The first-order valence-corrected chi connectivity index (χ1v) is 6.65. The van der Waals surface area contributed by atoms with Crippen LogP contribution in [0.25, 0.3) is 0 Å². The summed E-state index contributed by atoms with van der Waals surface area (Å²) in [6, 6.07) is 13.7. The lowest BCUT2D eigenvalue weighted by molar-refractivity contribution is 0.522. The molecule has 0 atom stereocenters. The molecule has 4 heteroatoms. The van der Waals surface area contributed by atoms with Crippen molar-refractivity contribution >= 4 is 11.7 Å². The van der Waals surface area contributed by atoms with Gasteiger partial charge in [0.05, 0.1) is 5.69 Å². The molecule has 0 unspecified atom stereocenters. The van der Waals surface area contributed by atoms with Crippen molar-refractivity contribution in [1.29, 1.82) is 5.26 Å². The second kappa shape index (κ2) is 6.58. The summed E-state index contributed by atoms with van der Waals surface area (Å²) in [6.07, 6.45) is 1.86. The molecule has 106 valence electrons. The molecule has 0 saturated heterocycles. The predicted molar refractivity (Wildman–Crippen MR) is 83.6 cm³/mol. The number of aryl methyl sites for hydroxylation is 3. The van der Waals surface area contributed by atoms with Crippen LogP contribution >= 0.6 is 0 Å². The molecule has 21 heavy (non-hydrogen) atoms. The minimum atomic E-state index is 0.171. The standard InChI is InChI=1S/C17H17N3O/c1-12-7-4-5-10-15(12)20-17(19-11-18)21-16-13(2)8-6-9-14(16)3/h4-10H,1-3H3,(H,19,20). The van der Waals surface area contributed by atoms with E-state index in [0.717, 1.165) is 22.4 Å². The van der Waals surface area contributed by atoms with E-state index in [4.69, 9.17) is 10.00 Å². The van der Waals surface area contributed by atoms with Crippen molar-refractivity contribution in [2.75, 3.05) is 0 Å². The topological polar surface area (TPSA) is 57.4 Å². The molecular formula is C17H17N3O. The van der Waals surface area contributed by atoms with Gasteiger partial charge in [-0.2, -0.15) is 10.3 Å². The van der Waals surface area contributed by atoms with Crippen LogP contribution in [-0.4, -0.2) is 6.02 Å². The van der Waals surface area contributed by atoms with Crippen molar-refractivity contribution in [2.45, 2.75) is 20.8 Å². The fraction of sp³-hybridized carbons (Fsp3) is 0.176. The molecule has 0 fully saturated rings. The largest absolute Gasteiger partial charge is 0.425 e. The van der Waals surface area contributed by atoms with Crippen molar-refractivity contribution in [3.05, 3.63) is 59.2 Å². The van der Waals surface area contributed by atoms with Gasteiger partial charge in [-0.15, -0.1) is 0 Å². The van der Waals surface area contributed by atoms with Crippen LogP contribution in [-0.2, 0) is 0 Å². The Morgan fingerprint density at radius 2 is 1.62 bits per heavy atom. The highest BCUT2D eigenvalue weighted by atomic mass is 16.5. The molecule has 0 aromatic heterocycles. The number of amidine groups is 1. The fourth-order valence-corrected chi connectivity index (χ4v) is 1.98. The Morgan fingerprint density at radius 3 is 2.24 bits per heavy atom. The van der Waals surface area contributed by atoms with Crippen LogP contribution in [0.4, 0.5) is 5.69 Å². The van der Waals surface area contributed by atoms with E-state index in [0.29, 0.717) is 5.75 Å². The van der Waals surface area contributed by atoms with Crippen molar-refractivity contribution in [3.63, 3.8) is 0 Å². The molecule has 0 aliphatic heterocycles. The summed E-state index contributed by atoms with van der Waals surface area (Å²) in [5, 5.41) is 11.4. The van der Waals surface area contributed by atoms with Crippen molar-refractivity contribution in [2.24, 2.45) is 4.99 Å². The molecule has 0 bridgehead atoms. The van der Waals surface area contributed by atoms with E-state index < -0.39 is 0 Å². The van der Waals surface area contributed by atoms with Gasteiger partial charge in [0, 0.05) is 0 Å². The highest BCUT2D eigenvalue weighted by Crippen LogP contribution is 2.23. The number of hydrogen-bond acceptors (Lipinski definition) is 3. The lowest BCUT2D eigenvalue weighted by Gasteiger charge is -2.12. The first-order valence-electron chi connectivity index (χ1n) is 6.65. The summed E-state index contributed by atoms with van der Waals surface area (Å²) in [7, 11) is 0. The van der Waals surface area contributed by atoms with Crippen LogP contribution in [0.3, 0.4) is 0 Å². The van der Waals surface area contributed by atoms with Gasteiger partial charge in [0.15, 0.2) is 6.19 Å². The molecule has 0 spiro atoms. The molecule has 0 aliphatic rings. The molecule has 2 aromatic carbocycles. The van der Waals surface area contributed by atoms with Gasteiger partial charge in [0.2, 0.25) is 0 Å². The smallest absolute Gasteiger partial charge is 0.309 e. The van der Waals surface area contributed by atoms with Gasteiger partial charge in [0.25, 0.3) is 0 Å². The average molecular weight is 279 g/mol. The number of nitrogens with zero attached hydrogens (tertiary/aromatic N) is 2. The van der Waals surface area contributed by atoms with E-state index in [1.807, 2.05) is 69.4 Å². The first-order chi connectivity index (χ1) is 10.1. The van der Waals surface area contributed by atoms with Gasteiger partial charge >= 0.3 is 6.02 Å². The Hall–Kier alpha value is -2.80. The minimum Gasteiger partial charge on any atom is -0.425 e. The number of nitriles is 1. The molecule has 2 rings (SSSR count). The average Bonchev–Trinajstić information content (AvgIpc) is 2.45. The second-order valence-electron chi connectivity index (χ2n) is 4.76. The molecule has 0 amide bonds. The highest BCUT2D eigenvalue weighted by molar-refractivity contribution is 5.81. The van der Waals surface area contributed by atoms with Crippen LogP contribution < -0.4 is 10.1 Å². The zero-order valence-corrected chi connectivity index (χ0v) is 12.3. The molecule has 1 N–H and O–H groups in total. The molecular weight excluding hydrogens is 262 g/mol. The number of hydrogen-bond donors (Lipinski definition) is 1. The zero-order valence-electron chi connectivity index (χ0n) is 12.3. The van der Waals surface area contributed by atoms with Gasteiger partial charge in [-0.25, -0.2) is 5.32 Å². The van der Waals surface area contributed by atoms with E-state index in [-0.39, 0.29) is 6.02 Å². The van der Waals surface area contributed by atoms with E-state index >= 15 is 0 Å². The van der Waals surface area contributed by atoms with Gasteiger partial charge in [-0.05, 0) is 43.5 Å². The monoisotopic (exact) mass is 279 g/mol. The van der Waals surface area contributed by atoms with Gasteiger partial charge in [-0.3, -0.25) is 0 Å². The molecule has 0 heterocycles. The lowest BCUT2D eigenvalue weighted by atomic mass is 10.1. The van der Waals surface area contributed by atoms with Crippen LogP contribution in [0, 0.1) is 32.2 Å². The van der Waals surface area contributed by atoms with Crippen LogP contribution in [0.15, 0.2) is 47.5 Å². The first kappa shape index (κ1) is 14.6. The number of para-hydroxylation sites is 2. The third-order valence-corrected chi connectivity index (χ3v) is 3.11. The van der Waals surface area contributed by atoms with Crippen molar-refractivity contribution < 1.29 is 4.74 Å².